The predicted molar refractivity (Wildman–Crippen MR) is 67.0 cm³/mol. The summed E-state index contributed by atoms with van der Waals surface area (Å²) in [7, 11) is 0. The summed E-state index contributed by atoms with van der Waals surface area (Å²) in [5.41, 5.74) is 0.616. The SMILES string of the molecule is Fc1ccc(C(Br)C2C3CCCCC32)c(F)c1. The molecule has 3 rings (SSSR count). The van der Waals surface area contributed by atoms with Crippen molar-refractivity contribution in [1.29, 1.82) is 0 Å². The van der Waals surface area contributed by atoms with Crippen LogP contribution in [0.2, 0.25) is 0 Å². The van der Waals surface area contributed by atoms with Crippen LogP contribution < -0.4 is 0 Å². The fourth-order valence-electron chi connectivity index (χ4n) is 3.41. The van der Waals surface area contributed by atoms with Crippen LogP contribution in [0.1, 0.15) is 36.1 Å². The Hall–Kier alpha value is -0.440. The maximum Gasteiger partial charge on any atom is 0.130 e. The first-order valence-electron chi connectivity index (χ1n) is 6.27. The number of alkyl halides is 1. The zero-order chi connectivity index (χ0) is 12.0. The maximum absolute atomic E-state index is 13.7. The fourth-order valence-corrected chi connectivity index (χ4v) is 4.57. The first-order chi connectivity index (χ1) is 8.18. The summed E-state index contributed by atoms with van der Waals surface area (Å²) in [5.74, 6) is 1.15. The minimum absolute atomic E-state index is 0.0520. The lowest BCUT2D eigenvalue weighted by Crippen LogP contribution is -1.99. The molecular formula is C14H15BrF2. The van der Waals surface area contributed by atoms with Crippen molar-refractivity contribution in [3.8, 4) is 0 Å². The largest absolute Gasteiger partial charge is 0.207 e. The average Bonchev–Trinajstić information content (AvgIpc) is 3.02. The van der Waals surface area contributed by atoms with E-state index in [2.05, 4.69) is 15.9 Å². The number of fused-ring (bicyclic) bond motifs is 1. The molecular weight excluding hydrogens is 286 g/mol. The summed E-state index contributed by atoms with van der Waals surface area (Å²) in [4.78, 5) is 0.0520. The highest BCUT2D eigenvalue weighted by Crippen LogP contribution is 2.62. The molecule has 3 unspecified atom stereocenters. The molecule has 0 bridgehead atoms. The summed E-state index contributed by atoms with van der Waals surface area (Å²) in [6.07, 6.45) is 5.17. The lowest BCUT2D eigenvalue weighted by Gasteiger charge is -2.11. The predicted octanol–water partition coefficient (Wildman–Crippen LogP) is 4.84. The number of benzene rings is 1. The van der Waals surface area contributed by atoms with Gasteiger partial charge in [0.15, 0.2) is 0 Å². The lowest BCUT2D eigenvalue weighted by atomic mass is 10.0. The third-order valence-corrected chi connectivity index (χ3v) is 5.42. The van der Waals surface area contributed by atoms with Crippen LogP contribution in [0.25, 0.3) is 0 Å². The number of rotatable bonds is 2. The second-order valence-electron chi connectivity index (χ2n) is 5.26. The van der Waals surface area contributed by atoms with Crippen molar-refractivity contribution in [2.75, 3.05) is 0 Å². The first kappa shape index (κ1) is 11.6. The summed E-state index contributed by atoms with van der Waals surface area (Å²) >= 11 is 3.62. The van der Waals surface area contributed by atoms with Crippen LogP contribution in [-0.4, -0.2) is 0 Å². The van der Waals surface area contributed by atoms with E-state index in [-0.39, 0.29) is 4.83 Å². The number of hydrogen-bond donors (Lipinski definition) is 0. The molecule has 0 aliphatic heterocycles. The monoisotopic (exact) mass is 300 g/mol. The van der Waals surface area contributed by atoms with E-state index in [1.807, 2.05) is 0 Å². The van der Waals surface area contributed by atoms with Gasteiger partial charge >= 0.3 is 0 Å². The van der Waals surface area contributed by atoms with Gasteiger partial charge < -0.3 is 0 Å². The number of halogens is 3. The zero-order valence-electron chi connectivity index (χ0n) is 9.50. The van der Waals surface area contributed by atoms with Gasteiger partial charge in [0.25, 0.3) is 0 Å². The van der Waals surface area contributed by atoms with Crippen LogP contribution >= 0.6 is 15.9 Å². The Morgan fingerprint density at radius 1 is 1.12 bits per heavy atom. The van der Waals surface area contributed by atoms with Gasteiger partial charge in [0.1, 0.15) is 11.6 Å². The summed E-state index contributed by atoms with van der Waals surface area (Å²) in [6, 6.07) is 3.91. The Morgan fingerprint density at radius 3 is 2.35 bits per heavy atom. The molecule has 0 aromatic heterocycles. The van der Waals surface area contributed by atoms with Gasteiger partial charge in [0.2, 0.25) is 0 Å². The minimum Gasteiger partial charge on any atom is -0.207 e. The van der Waals surface area contributed by atoms with Gasteiger partial charge in [-0.2, -0.15) is 0 Å². The molecule has 0 heterocycles. The third-order valence-electron chi connectivity index (χ3n) is 4.32. The van der Waals surface area contributed by atoms with E-state index in [1.165, 1.54) is 31.7 Å². The van der Waals surface area contributed by atoms with E-state index < -0.39 is 11.6 Å². The Bertz CT molecular complexity index is 420. The quantitative estimate of drug-likeness (QED) is 0.686. The number of hydrogen-bond acceptors (Lipinski definition) is 0. The normalized spacial score (nSPS) is 33.0. The van der Waals surface area contributed by atoms with E-state index in [0.29, 0.717) is 11.5 Å². The molecule has 17 heavy (non-hydrogen) atoms. The molecule has 2 fully saturated rings. The van der Waals surface area contributed by atoms with E-state index in [9.17, 15) is 8.78 Å². The van der Waals surface area contributed by atoms with Gasteiger partial charge in [-0.1, -0.05) is 34.8 Å². The van der Waals surface area contributed by atoms with Crippen molar-refractivity contribution >= 4 is 15.9 Å². The molecule has 1 aromatic rings. The van der Waals surface area contributed by atoms with Gasteiger partial charge in [0.05, 0.1) is 0 Å². The van der Waals surface area contributed by atoms with Crippen molar-refractivity contribution in [2.45, 2.75) is 30.5 Å². The average molecular weight is 301 g/mol. The maximum atomic E-state index is 13.7. The van der Waals surface area contributed by atoms with Crippen LogP contribution in [0.3, 0.4) is 0 Å². The molecule has 0 radical (unpaired) electrons. The third kappa shape index (κ3) is 2.03. The van der Waals surface area contributed by atoms with E-state index in [4.69, 9.17) is 0 Å². The molecule has 92 valence electrons. The van der Waals surface area contributed by atoms with E-state index in [0.717, 1.165) is 17.9 Å². The summed E-state index contributed by atoms with van der Waals surface area (Å²) in [6.45, 7) is 0. The highest BCUT2D eigenvalue weighted by atomic mass is 79.9. The van der Waals surface area contributed by atoms with Gasteiger partial charge in [0, 0.05) is 16.5 Å². The smallest absolute Gasteiger partial charge is 0.130 e. The molecule has 0 N–H and O–H groups in total. The van der Waals surface area contributed by atoms with Gasteiger partial charge in [-0.15, -0.1) is 0 Å². The van der Waals surface area contributed by atoms with Gasteiger partial charge in [-0.05, 0) is 36.7 Å². The molecule has 0 amide bonds. The second-order valence-corrected chi connectivity index (χ2v) is 6.24. The standard InChI is InChI=1S/C14H15BrF2/c15-14(11-6-5-8(16)7-12(11)17)13-9-3-1-2-4-10(9)13/h5-7,9-10,13-14H,1-4H2. The molecule has 0 nitrogen and oxygen atoms in total. The van der Waals surface area contributed by atoms with Crippen molar-refractivity contribution in [2.24, 2.45) is 17.8 Å². The molecule has 2 saturated carbocycles. The van der Waals surface area contributed by atoms with Crippen molar-refractivity contribution in [3.63, 3.8) is 0 Å². The molecule has 3 heteroatoms. The Balaban J connectivity index is 1.80. The highest BCUT2D eigenvalue weighted by molar-refractivity contribution is 9.09. The lowest BCUT2D eigenvalue weighted by molar-refractivity contribution is 0.480. The van der Waals surface area contributed by atoms with Crippen LogP contribution in [0.15, 0.2) is 18.2 Å². The first-order valence-corrected chi connectivity index (χ1v) is 7.19. The molecule has 2 aliphatic rings. The molecule has 2 aliphatic carbocycles. The Kier molecular flexibility index (Phi) is 2.97. The molecule has 3 atom stereocenters. The van der Waals surface area contributed by atoms with Crippen LogP contribution in [0.4, 0.5) is 8.78 Å². The second kappa shape index (κ2) is 4.34. The van der Waals surface area contributed by atoms with Gasteiger partial charge in [-0.25, -0.2) is 8.78 Å². The minimum atomic E-state index is -0.501. The molecule has 0 saturated heterocycles. The van der Waals surface area contributed by atoms with Crippen LogP contribution in [-0.2, 0) is 0 Å². The molecule has 1 aromatic carbocycles. The summed E-state index contributed by atoms with van der Waals surface area (Å²) < 4.78 is 26.6. The van der Waals surface area contributed by atoms with Crippen LogP contribution in [0, 0.1) is 29.4 Å². The van der Waals surface area contributed by atoms with Crippen molar-refractivity contribution in [3.05, 3.63) is 35.4 Å². The summed E-state index contributed by atoms with van der Waals surface area (Å²) in [5, 5.41) is 0. The zero-order valence-corrected chi connectivity index (χ0v) is 11.1. The fraction of sp³-hybridized carbons (Fsp3) is 0.571. The highest BCUT2D eigenvalue weighted by Gasteiger charge is 2.54. The topological polar surface area (TPSA) is 0 Å². The Morgan fingerprint density at radius 2 is 1.76 bits per heavy atom. The van der Waals surface area contributed by atoms with Gasteiger partial charge in [-0.3, -0.25) is 0 Å². The van der Waals surface area contributed by atoms with Crippen molar-refractivity contribution in [1.82, 2.24) is 0 Å². The molecule has 0 spiro atoms. The van der Waals surface area contributed by atoms with Crippen LogP contribution in [0.5, 0.6) is 0 Å². The van der Waals surface area contributed by atoms with E-state index in [1.54, 1.807) is 6.07 Å². The Labute approximate surface area is 109 Å². The van der Waals surface area contributed by atoms with Crippen molar-refractivity contribution < 1.29 is 8.78 Å². The van der Waals surface area contributed by atoms with E-state index >= 15 is 0 Å².